The average Bonchev–Trinajstić information content (AvgIpc) is 2.63. The number of benzene rings is 1. The van der Waals surface area contributed by atoms with Gasteiger partial charge in [-0.15, -0.1) is 21.8 Å². The lowest BCUT2D eigenvalue weighted by Crippen LogP contribution is -2.01. The van der Waals surface area contributed by atoms with Gasteiger partial charge in [0.25, 0.3) is 0 Å². The summed E-state index contributed by atoms with van der Waals surface area (Å²) in [7, 11) is 1.95. The van der Waals surface area contributed by atoms with Crippen LogP contribution < -0.4 is 0 Å². The van der Waals surface area contributed by atoms with E-state index in [2.05, 4.69) is 41.4 Å². The summed E-state index contributed by atoms with van der Waals surface area (Å²) in [6.07, 6.45) is 0.792. The molecular formula is C12H14ClN3. The highest BCUT2D eigenvalue weighted by Gasteiger charge is 2.07. The Hall–Kier alpha value is -1.35. The van der Waals surface area contributed by atoms with Gasteiger partial charge < -0.3 is 4.57 Å². The number of alkyl halides is 1. The summed E-state index contributed by atoms with van der Waals surface area (Å²) >= 11 is 5.75. The van der Waals surface area contributed by atoms with E-state index in [9.17, 15) is 0 Å². The van der Waals surface area contributed by atoms with E-state index in [1.54, 1.807) is 0 Å². The first-order chi connectivity index (χ1) is 7.70. The molecule has 0 unspecified atom stereocenters. The molecule has 1 aromatic carbocycles. The molecule has 0 spiro atoms. The van der Waals surface area contributed by atoms with Crippen molar-refractivity contribution in [3.63, 3.8) is 0 Å². The quantitative estimate of drug-likeness (QED) is 0.766. The molecule has 0 bridgehead atoms. The van der Waals surface area contributed by atoms with Crippen molar-refractivity contribution in [3.05, 3.63) is 47.0 Å². The maximum absolute atomic E-state index is 5.75. The van der Waals surface area contributed by atoms with Gasteiger partial charge in [-0.3, -0.25) is 0 Å². The number of halogens is 1. The molecule has 0 amide bonds. The van der Waals surface area contributed by atoms with Gasteiger partial charge in [0.1, 0.15) is 11.6 Å². The van der Waals surface area contributed by atoms with Gasteiger partial charge in [-0.05, 0) is 12.5 Å². The molecule has 16 heavy (non-hydrogen) atoms. The first-order valence-corrected chi connectivity index (χ1v) is 5.73. The number of hydrogen-bond donors (Lipinski definition) is 0. The maximum atomic E-state index is 5.75. The Kier molecular flexibility index (Phi) is 3.25. The Morgan fingerprint density at radius 2 is 1.75 bits per heavy atom. The predicted octanol–water partition coefficient (Wildman–Crippen LogP) is 2.45. The molecule has 0 aliphatic heterocycles. The van der Waals surface area contributed by atoms with Crippen LogP contribution in [0.15, 0.2) is 24.3 Å². The van der Waals surface area contributed by atoms with Gasteiger partial charge in [0.2, 0.25) is 0 Å². The number of aromatic nitrogens is 3. The van der Waals surface area contributed by atoms with Crippen LogP contribution in [0.1, 0.15) is 22.8 Å². The number of nitrogens with zero attached hydrogens (tertiary/aromatic N) is 3. The van der Waals surface area contributed by atoms with Crippen LogP contribution in [0.4, 0.5) is 0 Å². The van der Waals surface area contributed by atoms with E-state index in [1.165, 1.54) is 11.1 Å². The summed E-state index contributed by atoms with van der Waals surface area (Å²) in [6.45, 7) is 2.08. The fraction of sp³-hybridized carbons (Fsp3) is 0.333. The largest absolute Gasteiger partial charge is 0.317 e. The average molecular weight is 236 g/mol. The monoisotopic (exact) mass is 235 g/mol. The smallest absolute Gasteiger partial charge is 0.147 e. The molecule has 0 radical (unpaired) electrons. The minimum Gasteiger partial charge on any atom is -0.317 e. The molecule has 0 aliphatic rings. The standard InChI is InChI=1S/C12H14ClN3/c1-9-3-5-10(6-4-9)7-11-14-15-12(8-13)16(11)2/h3-6H,7-8H2,1-2H3. The third-order valence-corrected chi connectivity index (χ3v) is 2.90. The normalized spacial score (nSPS) is 10.7. The lowest BCUT2D eigenvalue weighted by Gasteiger charge is -2.02. The van der Waals surface area contributed by atoms with E-state index >= 15 is 0 Å². The van der Waals surface area contributed by atoms with E-state index in [0.29, 0.717) is 5.88 Å². The van der Waals surface area contributed by atoms with E-state index in [1.807, 2.05) is 11.6 Å². The highest BCUT2D eigenvalue weighted by molar-refractivity contribution is 6.16. The van der Waals surface area contributed by atoms with E-state index in [4.69, 9.17) is 11.6 Å². The van der Waals surface area contributed by atoms with Crippen molar-refractivity contribution in [2.24, 2.45) is 7.05 Å². The highest BCUT2D eigenvalue weighted by Crippen LogP contribution is 2.10. The Balaban J connectivity index is 2.20. The molecule has 0 atom stereocenters. The molecular weight excluding hydrogens is 222 g/mol. The second kappa shape index (κ2) is 4.66. The van der Waals surface area contributed by atoms with Gasteiger partial charge in [-0.25, -0.2) is 0 Å². The second-order valence-electron chi connectivity index (χ2n) is 3.89. The van der Waals surface area contributed by atoms with Crippen LogP contribution in [-0.4, -0.2) is 14.8 Å². The van der Waals surface area contributed by atoms with Crippen LogP contribution in [0.5, 0.6) is 0 Å². The van der Waals surface area contributed by atoms with Crippen LogP contribution in [-0.2, 0) is 19.3 Å². The van der Waals surface area contributed by atoms with E-state index in [0.717, 1.165) is 18.1 Å². The highest BCUT2D eigenvalue weighted by atomic mass is 35.5. The zero-order valence-corrected chi connectivity index (χ0v) is 10.2. The lowest BCUT2D eigenvalue weighted by molar-refractivity contribution is 0.790. The summed E-state index contributed by atoms with van der Waals surface area (Å²) in [5.74, 6) is 2.15. The molecule has 0 saturated heterocycles. The number of aryl methyl sites for hydroxylation is 1. The Morgan fingerprint density at radius 1 is 1.12 bits per heavy atom. The number of rotatable bonds is 3. The van der Waals surface area contributed by atoms with Crippen molar-refractivity contribution < 1.29 is 0 Å². The zero-order valence-electron chi connectivity index (χ0n) is 9.44. The molecule has 0 aliphatic carbocycles. The molecule has 4 heteroatoms. The van der Waals surface area contributed by atoms with Crippen LogP contribution >= 0.6 is 11.6 Å². The summed E-state index contributed by atoms with van der Waals surface area (Å²) in [6, 6.07) is 8.44. The van der Waals surface area contributed by atoms with Gasteiger partial charge in [0.15, 0.2) is 0 Å². The molecule has 2 aromatic rings. The molecule has 84 valence electrons. The fourth-order valence-electron chi connectivity index (χ4n) is 1.56. The minimum atomic E-state index is 0.400. The fourth-order valence-corrected chi connectivity index (χ4v) is 1.79. The van der Waals surface area contributed by atoms with Crippen molar-refractivity contribution in [2.45, 2.75) is 19.2 Å². The minimum absolute atomic E-state index is 0.400. The molecule has 0 saturated carbocycles. The first kappa shape index (κ1) is 11.1. The zero-order chi connectivity index (χ0) is 11.5. The van der Waals surface area contributed by atoms with E-state index < -0.39 is 0 Å². The van der Waals surface area contributed by atoms with Crippen LogP contribution in [0.2, 0.25) is 0 Å². The molecule has 0 fully saturated rings. The number of hydrogen-bond acceptors (Lipinski definition) is 2. The van der Waals surface area contributed by atoms with Gasteiger partial charge in [-0.2, -0.15) is 0 Å². The van der Waals surface area contributed by atoms with Crippen LogP contribution in [0, 0.1) is 6.92 Å². The third-order valence-electron chi connectivity index (χ3n) is 2.66. The third kappa shape index (κ3) is 2.25. The van der Waals surface area contributed by atoms with Gasteiger partial charge >= 0.3 is 0 Å². The molecule has 1 heterocycles. The summed E-state index contributed by atoms with van der Waals surface area (Å²) in [5, 5.41) is 8.16. The van der Waals surface area contributed by atoms with E-state index in [-0.39, 0.29) is 0 Å². The van der Waals surface area contributed by atoms with Crippen molar-refractivity contribution in [1.29, 1.82) is 0 Å². The topological polar surface area (TPSA) is 30.7 Å². The Morgan fingerprint density at radius 3 is 2.31 bits per heavy atom. The summed E-state index contributed by atoms with van der Waals surface area (Å²) in [4.78, 5) is 0. The molecule has 0 N–H and O–H groups in total. The lowest BCUT2D eigenvalue weighted by atomic mass is 10.1. The Labute approximate surface area is 100 Å². The van der Waals surface area contributed by atoms with Crippen molar-refractivity contribution in [2.75, 3.05) is 0 Å². The summed E-state index contributed by atoms with van der Waals surface area (Å²) in [5.41, 5.74) is 2.50. The first-order valence-electron chi connectivity index (χ1n) is 5.19. The van der Waals surface area contributed by atoms with Gasteiger partial charge in [-0.1, -0.05) is 29.8 Å². The van der Waals surface area contributed by atoms with Crippen molar-refractivity contribution in [3.8, 4) is 0 Å². The van der Waals surface area contributed by atoms with Gasteiger partial charge in [0.05, 0.1) is 5.88 Å². The van der Waals surface area contributed by atoms with Crippen molar-refractivity contribution >= 4 is 11.6 Å². The van der Waals surface area contributed by atoms with Gasteiger partial charge in [0, 0.05) is 13.5 Å². The van der Waals surface area contributed by atoms with Crippen LogP contribution in [0.25, 0.3) is 0 Å². The SMILES string of the molecule is Cc1ccc(Cc2nnc(CCl)n2C)cc1. The summed E-state index contributed by atoms with van der Waals surface area (Å²) < 4.78 is 1.95. The van der Waals surface area contributed by atoms with Crippen molar-refractivity contribution in [1.82, 2.24) is 14.8 Å². The van der Waals surface area contributed by atoms with Crippen LogP contribution in [0.3, 0.4) is 0 Å². The second-order valence-corrected chi connectivity index (χ2v) is 4.15. The maximum Gasteiger partial charge on any atom is 0.147 e. The predicted molar refractivity (Wildman–Crippen MR) is 64.5 cm³/mol. The molecule has 3 nitrogen and oxygen atoms in total. The molecule has 1 aromatic heterocycles. The Bertz CT molecular complexity index is 474. The molecule has 2 rings (SSSR count).